The van der Waals surface area contributed by atoms with Crippen LogP contribution < -0.4 is 4.90 Å². The number of carbonyl (C=O) groups is 2. The van der Waals surface area contributed by atoms with Gasteiger partial charge in [-0.1, -0.05) is 30.3 Å². The number of carbonyl (C=O) groups excluding carboxylic acids is 2. The molecule has 0 aliphatic carbocycles. The number of aromatic nitrogens is 1. The number of benzene rings is 1. The third kappa shape index (κ3) is 3.37. The van der Waals surface area contributed by atoms with E-state index in [9.17, 15) is 14.7 Å². The Morgan fingerprint density at radius 3 is 2.53 bits per heavy atom. The van der Waals surface area contributed by atoms with E-state index >= 15 is 0 Å². The van der Waals surface area contributed by atoms with Gasteiger partial charge in [0.05, 0.1) is 24.8 Å². The first-order valence-electron chi connectivity index (χ1n) is 9.98. The quantitative estimate of drug-likeness (QED) is 0.761. The number of nitrogens with zero attached hydrogens (tertiary/aromatic N) is 5. The summed E-state index contributed by atoms with van der Waals surface area (Å²) in [6.07, 6.45) is 2.53. The number of hydrogen-bond donors (Lipinski definition) is 1. The van der Waals surface area contributed by atoms with Crippen LogP contribution in [0.25, 0.3) is 0 Å². The van der Waals surface area contributed by atoms with Gasteiger partial charge in [0.1, 0.15) is 11.4 Å². The molecule has 0 atom stereocenters. The van der Waals surface area contributed by atoms with Crippen LogP contribution in [0.2, 0.25) is 0 Å². The Morgan fingerprint density at radius 2 is 1.87 bits per heavy atom. The van der Waals surface area contributed by atoms with Gasteiger partial charge in [0.25, 0.3) is 5.91 Å². The van der Waals surface area contributed by atoms with Crippen LogP contribution in [0.3, 0.4) is 0 Å². The van der Waals surface area contributed by atoms with Crippen LogP contribution in [-0.2, 0) is 11.3 Å². The summed E-state index contributed by atoms with van der Waals surface area (Å²) in [5, 5.41) is 18.5. The lowest BCUT2D eigenvalue weighted by Crippen LogP contribution is -2.56. The third-order valence-corrected chi connectivity index (χ3v) is 5.92. The minimum atomic E-state index is -0.925. The molecule has 154 valence electrons. The number of nitriles is 1. The molecule has 3 heterocycles. The van der Waals surface area contributed by atoms with Crippen molar-refractivity contribution in [2.24, 2.45) is 0 Å². The zero-order chi connectivity index (χ0) is 21.1. The van der Waals surface area contributed by atoms with E-state index in [1.165, 1.54) is 4.90 Å². The monoisotopic (exact) mass is 405 g/mol. The second-order valence-electron chi connectivity index (χ2n) is 7.57. The summed E-state index contributed by atoms with van der Waals surface area (Å²) in [7, 11) is 0. The topological polar surface area (TPSA) is 101 Å². The van der Waals surface area contributed by atoms with Crippen LogP contribution in [0.4, 0.5) is 10.6 Å². The van der Waals surface area contributed by atoms with Crippen molar-refractivity contribution in [1.82, 2.24) is 14.8 Å². The Bertz CT molecular complexity index is 980. The van der Waals surface area contributed by atoms with Crippen LogP contribution >= 0.6 is 0 Å². The largest absolute Gasteiger partial charge is 0.395 e. The van der Waals surface area contributed by atoms with Gasteiger partial charge in [0.15, 0.2) is 0 Å². The molecule has 0 bridgehead atoms. The zero-order valence-corrected chi connectivity index (χ0v) is 16.6. The number of aliphatic hydroxyl groups is 1. The maximum atomic E-state index is 13.3. The van der Waals surface area contributed by atoms with Gasteiger partial charge < -0.3 is 14.9 Å². The average Bonchev–Trinajstić information content (AvgIpc) is 2.97. The molecule has 1 aromatic carbocycles. The molecule has 2 saturated heterocycles. The molecule has 30 heavy (non-hydrogen) atoms. The van der Waals surface area contributed by atoms with Crippen LogP contribution in [0.15, 0.2) is 48.7 Å². The van der Waals surface area contributed by atoms with Gasteiger partial charge in [0, 0.05) is 25.8 Å². The Labute approximate surface area is 175 Å². The number of rotatable bonds is 5. The molecule has 4 rings (SSSR count). The lowest BCUT2D eigenvalue weighted by molar-refractivity contribution is -0.134. The van der Waals surface area contributed by atoms with Crippen molar-refractivity contribution < 1.29 is 14.7 Å². The van der Waals surface area contributed by atoms with Crippen molar-refractivity contribution in [3.63, 3.8) is 0 Å². The number of hydrogen-bond acceptors (Lipinski definition) is 6. The first-order valence-corrected chi connectivity index (χ1v) is 9.98. The first kappa shape index (κ1) is 19.9. The molecule has 0 unspecified atom stereocenters. The molecule has 2 aromatic rings. The van der Waals surface area contributed by atoms with E-state index in [1.807, 2.05) is 35.2 Å². The molecule has 0 radical (unpaired) electrons. The smallest absolute Gasteiger partial charge is 0.328 e. The number of aliphatic hydroxyl groups excluding tert-OH is 1. The molecule has 8 heteroatoms. The predicted molar refractivity (Wildman–Crippen MR) is 109 cm³/mol. The number of urea groups is 1. The summed E-state index contributed by atoms with van der Waals surface area (Å²) in [5.74, 6) is 0.457. The number of pyridine rings is 1. The average molecular weight is 405 g/mol. The lowest BCUT2D eigenvalue weighted by atomic mass is 9.85. The van der Waals surface area contributed by atoms with E-state index in [0.29, 0.717) is 43.9 Å². The number of β-amino-alcohol motifs (C(OH)–C–C–N with tert-alkyl or cyclic N) is 1. The van der Waals surface area contributed by atoms with E-state index < -0.39 is 5.54 Å². The molecule has 2 fully saturated rings. The van der Waals surface area contributed by atoms with Crippen molar-refractivity contribution in [2.75, 3.05) is 31.1 Å². The normalized spacial score (nSPS) is 18.2. The van der Waals surface area contributed by atoms with Gasteiger partial charge in [-0.15, -0.1) is 0 Å². The highest BCUT2D eigenvalue weighted by molar-refractivity contribution is 6.07. The summed E-state index contributed by atoms with van der Waals surface area (Å²) >= 11 is 0. The summed E-state index contributed by atoms with van der Waals surface area (Å²) in [4.78, 5) is 35.6. The van der Waals surface area contributed by atoms with Gasteiger partial charge >= 0.3 is 6.03 Å². The van der Waals surface area contributed by atoms with Crippen LogP contribution in [-0.4, -0.2) is 63.6 Å². The van der Waals surface area contributed by atoms with E-state index in [4.69, 9.17) is 5.26 Å². The number of anilines is 1. The van der Waals surface area contributed by atoms with Crippen molar-refractivity contribution >= 4 is 17.8 Å². The Kier molecular flexibility index (Phi) is 5.38. The summed E-state index contributed by atoms with van der Waals surface area (Å²) in [6, 6.07) is 14.8. The highest BCUT2D eigenvalue weighted by Gasteiger charge is 2.57. The van der Waals surface area contributed by atoms with Crippen molar-refractivity contribution in [2.45, 2.75) is 24.9 Å². The fourth-order valence-corrected chi connectivity index (χ4v) is 4.31. The van der Waals surface area contributed by atoms with Crippen molar-refractivity contribution in [3.8, 4) is 6.07 Å². The van der Waals surface area contributed by atoms with E-state index in [-0.39, 0.29) is 25.1 Å². The van der Waals surface area contributed by atoms with E-state index in [1.54, 1.807) is 23.2 Å². The van der Waals surface area contributed by atoms with Crippen LogP contribution in [0.5, 0.6) is 0 Å². The van der Waals surface area contributed by atoms with Crippen LogP contribution in [0.1, 0.15) is 24.0 Å². The number of amides is 3. The third-order valence-electron chi connectivity index (χ3n) is 5.92. The Balaban J connectivity index is 1.60. The number of imide groups is 1. The van der Waals surface area contributed by atoms with Crippen molar-refractivity contribution in [3.05, 3.63) is 59.8 Å². The van der Waals surface area contributed by atoms with Gasteiger partial charge in [-0.25, -0.2) is 9.78 Å². The van der Waals surface area contributed by atoms with Gasteiger partial charge in [0.2, 0.25) is 0 Å². The highest BCUT2D eigenvalue weighted by Crippen LogP contribution is 2.39. The minimum Gasteiger partial charge on any atom is -0.395 e. The zero-order valence-electron chi connectivity index (χ0n) is 16.6. The summed E-state index contributed by atoms with van der Waals surface area (Å²) < 4.78 is 0. The SMILES string of the molecule is N#Cc1ccnc(N2CCC3(CC2)C(=O)N(CCO)C(=O)N3Cc2ccccc2)c1. The number of piperidine rings is 1. The second-order valence-corrected chi connectivity index (χ2v) is 7.57. The molecule has 1 aromatic heterocycles. The highest BCUT2D eigenvalue weighted by atomic mass is 16.3. The second kappa shape index (κ2) is 8.13. The van der Waals surface area contributed by atoms with Gasteiger partial charge in [-0.05, 0) is 30.5 Å². The fraction of sp³-hybridized carbons (Fsp3) is 0.364. The molecule has 0 saturated carbocycles. The summed E-state index contributed by atoms with van der Waals surface area (Å²) in [6.45, 7) is 1.16. The van der Waals surface area contributed by atoms with E-state index in [0.717, 1.165) is 5.56 Å². The molecule has 1 spiro atoms. The van der Waals surface area contributed by atoms with Gasteiger partial charge in [-0.3, -0.25) is 9.69 Å². The molecule has 2 aliphatic heterocycles. The predicted octanol–water partition coefficient (Wildman–Crippen LogP) is 1.75. The molecule has 3 amide bonds. The lowest BCUT2D eigenvalue weighted by Gasteiger charge is -2.42. The summed E-state index contributed by atoms with van der Waals surface area (Å²) in [5.41, 5.74) is 0.563. The standard InChI is InChI=1S/C22H23N5O3/c23-15-18-6-9-24-19(14-18)25-10-7-22(8-11-25)20(29)26(12-13-28)21(30)27(22)16-17-4-2-1-3-5-17/h1-6,9,14,28H,7-8,10-13,16H2. The molecule has 1 N–H and O–H groups in total. The maximum Gasteiger partial charge on any atom is 0.328 e. The molecular formula is C22H23N5O3. The Hall–Kier alpha value is -3.44. The van der Waals surface area contributed by atoms with Gasteiger partial charge in [-0.2, -0.15) is 5.26 Å². The molecule has 2 aliphatic rings. The Morgan fingerprint density at radius 1 is 1.13 bits per heavy atom. The maximum absolute atomic E-state index is 13.3. The van der Waals surface area contributed by atoms with E-state index in [2.05, 4.69) is 11.1 Å². The molecular weight excluding hydrogens is 382 g/mol. The minimum absolute atomic E-state index is 0.000189. The molecule has 8 nitrogen and oxygen atoms in total. The fourth-order valence-electron chi connectivity index (χ4n) is 4.31. The first-order chi connectivity index (χ1) is 14.6. The van der Waals surface area contributed by atoms with Crippen molar-refractivity contribution in [1.29, 1.82) is 5.26 Å². The van der Waals surface area contributed by atoms with Crippen LogP contribution in [0, 0.1) is 11.3 Å².